The molecule has 0 saturated carbocycles. The Labute approximate surface area is 112 Å². The number of benzene rings is 2. The molecule has 2 aromatic carbocycles. The van der Waals surface area contributed by atoms with E-state index in [4.69, 9.17) is 20.5 Å². The van der Waals surface area contributed by atoms with Gasteiger partial charge < -0.3 is 15.2 Å². The van der Waals surface area contributed by atoms with Crippen LogP contribution in [0.1, 0.15) is 11.1 Å². The maximum atomic E-state index is 8.94. The molecule has 0 bridgehead atoms. The third kappa shape index (κ3) is 2.61. The molecule has 2 rings (SSSR count). The number of hydrogen-bond donors (Lipinski definition) is 1. The van der Waals surface area contributed by atoms with Crippen LogP contribution in [-0.2, 0) is 0 Å². The van der Waals surface area contributed by atoms with E-state index in [0.717, 1.165) is 5.56 Å². The quantitative estimate of drug-likeness (QED) is 0.854. The van der Waals surface area contributed by atoms with E-state index in [1.165, 1.54) is 0 Å². The van der Waals surface area contributed by atoms with Gasteiger partial charge >= 0.3 is 0 Å². The fraction of sp³-hybridized carbons (Fsp3) is 0.133. The smallest absolute Gasteiger partial charge is 0.169 e. The summed E-state index contributed by atoms with van der Waals surface area (Å²) in [7, 11) is 1.58. The van der Waals surface area contributed by atoms with Gasteiger partial charge in [0, 0.05) is 0 Å². The number of nitrogens with two attached hydrogens (primary N) is 1. The van der Waals surface area contributed by atoms with Crippen LogP contribution in [0.15, 0.2) is 36.4 Å². The number of methoxy groups -OCH3 is 1. The summed E-state index contributed by atoms with van der Waals surface area (Å²) in [5.74, 6) is 1.64. The van der Waals surface area contributed by atoms with Gasteiger partial charge in [0.25, 0.3) is 0 Å². The minimum atomic E-state index is 0.327. The van der Waals surface area contributed by atoms with Crippen LogP contribution in [-0.4, -0.2) is 7.11 Å². The highest BCUT2D eigenvalue weighted by atomic mass is 16.5. The Morgan fingerprint density at radius 1 is 1.11 bits per heavy atom. The monoisotopic (exact) mass is 254 g/mol. The van der Waals surface area contributed by atoms with Gasteiger partial charge in [0.15, 0.2) is 17.2 Å². The van der Waals surface area contributed by atoms with Crippen LogP contribution in [0.4, 0.5) is 5.69 Å². The van der Waals surface area contributed by atoms with Crippen molar-refractivity contribution < 1.29 is 9.47 Å². The van der Waals surface area contributed by atoms with Crippen molar-refractivity contribution in [1.82, 2.24) is 0 Å². The number of nitriles is 1. The molecule has 4 nitrogen and oxygen atoms in total. The zero-order chi connectivity index (χ0) is 13.8. The maximum Gasteiger partial charge on any atom is 0.169 e. The third-order valence-electron chi connectivity index (χ3n) is 2.73. The predicted molar refractivity (Wildman–Crippen MR) is 73.4 cm³/mol. The summed E-state index contributed by atoms with van der Waals surface area (Å²) in [6.07, 6.45) is 0. The Morgan fingerprint density at radius 3 is 2.58 bits per heavy atom. The molecule has 0 aliphatic rings. The number of nitrogen functional groups attached to an aromatic ring is 1. The van der Waals surface area contributed by atoms with Crippen molar-refractivity contribution in [2.45, 2.75) is 6.92 Å². The van der Waals surface area contributed by atoms with Gasteiger partial charge in [-0.05, 0) is 36.8 Å². The summed E-state index contributed by atoms with van der Waals surface area (Å²) in [5.41, 5.74) is 7.67. The minimum Gasteiger partial charge on any atom is -0.493 e. The Kier molecular flexibility index (Phi) is 3.58. The molecule has 0 amide bonds. The van der Waals surface area contributed by atoms with Gasteiger partial charge in [0.2, 0.25) is 0 Å². The van der Waals surface area contributed by atoms with Crippen molar-refractivity contribution in [1.29, 1.82) is 5.26 Å². The van der Waals surface area contributed by atoms with Crippen molar-refractivity contribution in [3.8, 4) is 23.3 Å². The molecule has 0 aliphatic heterocycles. The Bertz CT molecular complexity index is 645. The van der Waals surface area contributed by atoms with Gasteiger partial charge in [-0.1, -0.05) is 12.1 Å². The summed E-state index contributed by atoms with van der Waals surface area (Å²) >= 11 is 0. The molecule has 0 aliphatic carbocycles. The molecule has 0 heterocycles. The number of anilines is 1. The lowest BCUT2D eigenvalue weighted by Crippen LogP contribution is -1.96. The average Bonchev–Trinajstić information content (AvgIpc) is 2.42. The predicted octanol–water partition coefficient (Wildman–Crippen LogP) is 3.25. The summed E-state index contributed by atoms with van der Waals surface area (Å²) < 4.78 is 11.0. The number of ether oxygens (including phenoxy) is 2. The number of aryl methyl sites for hydroxylation is 1. The molecular formula is C15H14N2O2. The van der Waals surface area contributed by atoms with Gasteiger partial charge in [0.1, 0.15) is 6.07 Å². The normalized spacial score (nSPS) is 9.74. The van der Waals surface area contributed by atoms with Crippen molar-refractivity contribution in [2.24, 2.45) is 0 Å². The van der Waals surface area contributed by atoms with Crippen molar-refractivity contribution in [3.63, 3.8) is 0 Å². The molecule has 0 aromatic heterocycles. The van der Waals surface area contributed by atoms with E-state index in [-0.39, 0.29) is 0 Å². The Balaban J connectivity index is 2.40. The molecule has 2 aromatic rings. The molecule has 0 spiro atoms. The highest BCUT2D eigenvalue weighted by Gasteiger charge is 2.10. The fourth-order valence-electron chi connectivity index (χ4n) is 1.71. The standard InChI is InChI=1S/C15H14N2O2/c1-10-6-7-12(14(8-10)18-2)19-13-5-3-4-11(9-16)15(13)17/h3-8H,17H2,1-2H3. The molecule has 0 radical (unpaired) electrons. The highest BCUT2D eigenvalue weighted by molar-refractivity contribution is 5.64. The van der Waals surface area contributed by atoms with Crippen LogP contribution in [0.3, 0.4) is 0 Å². The number of para-hydroxylation sites is 1. The Morgan fingerprint density at radius 2 is 1.89 bits per heavy atom. The molecule has 19 heavy (non-hydrogen) atoms. The molecule has 2 N–H and O–H groups in total. The lowest BCUT2D eigenvalue weighted by molar-refractivity contribution is 0.379. The first kappa shape index (κ1) is 12.8. The van der Waals surface area contributed by atoms with Gasteiger partial charge in [-0.3, -0.25) is 0 Å². The largest absolute Gasteiger partial charge is 0.493 e. The van der Waals surface area contributed by atoms with E-state index in [1.807, 2.05) is 31.2 Å². The first-order valence-corrected chi connectivity index (χ1v) is 5.76. The number of hydrogen-bond acceptors (Lipinski definition) is 4. The number of nitrogens with zero attached hydrogens (tertiary/aromatic N) is 1. The molecule has 0 fully saturated rings. The van der Waals surface area contributed by atoms with E-state index in [0.29, 0.717) is 28.5 Å². The second-order valence-electron chi connectivity index (χ2n) is 4.09. The summed E-state index contributed by atoms with van der Waals surface area (Å²) in [6, 6.07) is 12.7. The van der Waals surface area contributed by atoms with Crippen molar-refractivity contribution in [2.75, 3.05) is 12.8 Å². The van der Waals surface area contributed by atoms with Gasteiger partial charge in [-0.25, -0.2) is 0 Å². The van der Waals surface area contributed by atoms with Crippen LogP contribution in [0.5, 0.6) is 17.2 Å². The van der Waals surface area contributed by atoms with Crippen LogP contribution >= 0.6 is 0 Å². The van der Waals surface area contributed by atoms with Crippen molar-refractivity contribution >= 4 is 5.69 Å². The van der Waals surface area contributed by atoms with Gasteiger partial charge in [0.05, 0.1) is 18.4 Å². The third-order valence-corrected chi connectivity index (χ3v) is 2.73. The van der Waals surface area contributed by atoms with E-state index < -0.39 is 0 Å². The molecular weight excluding hydrogens is 240 g/mol. The average molecular weight is 254 g/mol. The Hall–Kier alpha value is -2.67. The molecule has 0 unspecified atom stereocenters. The highest BCUT2D eigenvalue weighted by Crippen LogP contribution is 2.35. The lowest BCUT2D eigenvalue weighted by Gasteiger charge is -2.12. The molecule has 96 valence electrons. The topological polar surface area (TPSA) is 68.3 Å². The molecule has 4 heteroatoms. The zero-order valence-corrected chi connectivity index (χ0v) is 10.8. The van der Waals surface area contributed by atoms with Gasteiger partial charge in [-0.15, -0.1) is 0 Å². The SMILES string of the molecule is COc1cc(C)ccc1Oc1cccc(C#N)c1N. The second-order valence-corrected chi connectivity index (χ2v) is 4.09. The van der Waals surface area contributed by atoms with Crippen LogP contribution in [0.25, 0.3) is 0 Å². The van der Waals surface area contributed by atoms with E-state index in [1.54, 1.807) is 25.3 Å². The summed E-state index contributed by atoms with van der Waals surface area (Å²) in [5, 5.41) is 8.94. The van der Waals surface area contributed by atoms with E-state index in [9.17, 15) is 0 Å². The second kappa shape index (κ2) is 5.32. The van der Waals surface area contributed by atoms with Gasteiger partial charge in [-0.2, -0.15) is 5.26 Å². The number of rotatable bonds is 3. The van der Waals surface area contributed by atoms with E-state index in [2.05, 4.69) is 0 Å². The van der Waals surface area contributed by atoms with E-state index >= 15 is 0 Å². The summed E-state index contributed by atoms with van der Waals surface area (Å²) in [6.45, 7) is 1.97. The zero-order valence-electron chi connectivity index (χ0n) is 10.8. The van der Waals surface area contributed by atoms with Crippen molar-refractivity contribution in [3.05, 3.63) is 47.5 Å². The first-order valence-electron chi connectivity index (χ1n) is 5.76. The molecule has 0 saturated heterocycles. The minimum absolute atomic E-state index is 0.327. The van der Waals surface area contributed by atoms with Crippen LogP contribution < -0.4 is 15.2 Å². The van der Waals surface area contributed by atoms with Crippen LogP contribution in [0, 0.1) is 18.3 Å². The first-order chi connectivity index (χ1) is 9.15. The lowest BCUT2D eigenvalue weighted by atomic mass is 10.2. The summed E-state index contributed by atoms with van der Waals surface area (Å²) in [4.78, 5) is 0. The molecule has 0 atom stereocenters. The maximum absolute atomic E-state index is 8.94. The fourth-order valence-corrected chi connectivity index (χ4v) is 1.71. The van der Waals surface area contributed by atoms with Crippen LogP contribution in [0.2, 0.25) is 0 Å².